The third-order valence-electron chi connectivity index (χ3n) is 2.26. The highest BCUT2D eigenvalue weighted by Gasteiger charge is 2.27. The largest absolute Gasteiger partial charge is 0.480 e. The van der Waals surface area contributed by atoms with Crippen LogP contribution in [0.1, 0.15) is 13.8 Å². The van der Waals surface area contributed by atoms with Crippen LogP contribution in [0.5, 0.6) is 0 Å². The fourth-order valence-electron chi connectivity index (χ4n) is 1.25. The molecule has 0 aromatic heterocycles. The molecule has 0 aliphatic carbocycles. The van der Waals surface area contributed by atoms with E-state index in [1.165, 1.54) is 25.1 Å². The summed E-state index contributed by atoms with van der Waals surface area (Å²) in [5, 5.41) is 9.61. The molecule has 1 aromatic rings. The minimum absolute atomic E-state index is 0.180. The lowest BCUT2D eigenvalue weighted by molar-refractivity contribution is -0.136. The molecule has 0 spiro atoms. The molecule has 1 aromatic carbocycles. The molecule has 7 nitrogen and oxygen atoms in total. The molecule has 8 heteroatoms. The van der Waals surface area contributed by atoms with Gasteiger partial charge >= 0.3 is 5.97 Å². The summed E-state index contributed by atoms with van der Waals surface area (Å²) in [6.45, 7) is 2.39. The SMILES string of the molecule is CC(=O)Nc1cccc(NS(=O)(=O)C(C)C(=O)O)c1. The van der Waals surface area contributed by atoms with E-state index in [4.69, 9.17) is 5.11 Å². The van der Waals surface area contributed by atoms with E-state index in [-0.39, 0.29) is 11.6 Å². The Labute approximate surface area is 110 Å². The second kappa shape index (κ2) is 5.70. The van der Waals surface area contributed by atoms with Gasteiger partial charge < -0.3 is 10.4 Å². The Kier molecular flexibility index (Phi) is 4.49. The molecule has 0 bridgehead atoms. The number of nitrogens with one attached hydrogen (secondary N) is 2. The van der Waals surface area contributed by atoms with E-state index in [0.29, 0.717) is 5.69 Å². The summed E-state index contributed by atoms with van der Waals surface area (Å²) < 4.78 is 25.5. The van der Waals surface area contributed by atoms with E-state index in [9.17, 15) is 18.0 Å². The first kappa shape index (κ1) is 15.0. The van der Waals surface area contributed by atoms with E-state index in [0.717, 1.165) is 6.92 Å². The molecule has 1 amide bonds. The first-order chi connectivity index (χ1) is 8.72. The first-order valence-electron chi connectivity index (χ1n) is 5.34. The lowest BCUT2D eigenvalue weighted by Crippen LogP contribution is -2.32. The van der Waals surface area contributed by atoms with E-state index >= 15 is 0 Å². The Bertz CT molecular complexity index is 597. The van der Waals surface area contributed by atoms with Gasteiger partial charge in [-0.2, -0.15) is 0 Å². The first-order valence-corrected chi connectivity index (χ1v) is 6.89. The van der Waals surface area contributed by atoms with Crippen molar-refractivity contribution in [2.24, 2.45) is 0 Å². The summed E-state index contributed by atoms with van der Waals surface area (Å²) in [5.74, 6) is -1.73. The van der Waals surface area contributed by atoms with Gasteiger partial charge in [-0.25, -0.2) is 8.42 Å². The van der Waals surface area contributed by atoms with Crippen molar-refractivity contribution < 1.29 is 23.1 Å². The average Bonchev–Trinajstić information content (AvgIpc) is 2.26. The summed E-state index contributed by atoms with van der Waals surface area (Å²) in [7, 11) is -4.02. The van der Waals surface area contributed by atoms with Gasteiger partial charge in [0.05, 0.1) is 5.69 Å². The molecule has 1 rings (SSSR count). The average molecular weight is 286 g/mol. The molecule has 0 saturated heterocycles. The minimum Gasteiger partial charge on any atom is -0.480 e. The number of carbonyl (C=O) groups excluding carboxylic acids is 1. The maximum Gasteiger partial charge on any atom is 0.323 e. The zero-order valence-corrected chi connectivity index (χ0v) is 11.2. The van der Waals surface area contributed by atoms with Crippen LogP contribution in [0.3, 0.4) is 0 Å². The fraction of sp³-hybridized carbons (Fsp3) is 0.273. The van der Waals surface area contributed by atoms with E-state index in [1.54, 1.807) is 6.07 Å². The Morgan fingerprint density at radius 1 is 1.26 bits per heavy atom. The number of rotatable bonds is 5. The summed E-state index contributed by atoms with van der Waals surface area (Å²) >= 11 is 0. The highest BCUT2D eigenvalue weighted by Crippen LogP contribution is 2.17. The number of carboxylic acid groups (broad SMARTS) is 1. The molecule has 1 unspecified atom stereocenters. The van der Waals surface area contributed by atoms with Crippen molar-refractivity contribution in [1.29, 1.82) is 0 Å². The lowest BCUT2D eigenvalue weighted by Gasteiger charge is -2.12. The predicted molar refractivity (Wildman–Crippen MR) is 70.4 cm³/mol. The van der Waals surface area contributed by atoms with E-state index < -0.39 is 21.2 Å². The van der Waals surface area contributed by atoms with Crippen molar-refractivity contribution in [3.05, 3.63) is 24.3 Å². The van der Waals surface area contributed by atoms with Gasteiger partial charge in [0.25, 0.3) is 0 Å². The van der Waals surface area contributed by atoms with Gasteiger partial charge in [0.15, 0.2) is 5.25 Å². The maximum absolute atomic E-state index is 11.7. The number of anilines is 2. The van der Waals surface area contributed by atoms with E-state index in [1.807, 2.05) is 0 Å². The normalized spacial score (nSPS) is 12.5. The van der Waals surface area contributed by atoms with Gasteiger partial charge in [0, 0.05) is 12.6 Å². The number of hydrogen-bond acceptors (Lipinski definition) is 4. The third-order valence-corrected chi connectivity index (χ3v) is 3.91. The second-order valence-corrected chi connectivity index (χ2v) is 5.89. The third kappa shape index (κ3) is 4.25. The smallest absolute Gasteiger partial charge is 0.323 e. The molecule has 0 aliphatic rings. The summed E-state index contributed by atoms with van der Waals surface area (Å²) in [5.41, 5.74) is 0.593. The van der Waals surface area contributed by atoms with Gasteiger partial charge in [-0.1, -0.05) is 6.07 Å². The summed E-state index contributed by atoms with van der Waals surface area (Å²) in [4.78, 5) is 21.6. The molecule has 0 saturated carbocycles. The maximum atomic E-state index is 11.7. The van der Waals surface area contributed by atoms with Gasteiger partial charge in [0.2, 0.25) is 15.9 Å². The van der Waals surface area contributed by atoms with Crippen LogP contribution in [0.25, 0.3) is 0 Å². The number of sulfonamides is 1. The van der Waals surface area contributed by atoms with Crippen LogP contribution in [0.15, 0.2) is 24.3 Å². The van der Waals surface area contributed by atoms with Gasteiger partial charge in [-0.15, -0.1) is 0 Å². The Hall–Kier alpha value is -2.09. The Morgan fingerprint density at radius 2 is 1.84 bits per heavy atom. The van der Waals surface area contributed by atoms with Gasteiger partial charge in [-0.3, -0.25) is 14.3 Å². The number of benzene rings is 1. The second-order valence-electron chi connectivity index (χ2n) is 3.89. The topological polar surface area (TPSA) is 113 Å². The molecule has 1 atom stereocenters. The number of carboxylic acids is 1. The van der Waals surface area contributed by atoms with Crippen molar-refractivity contribution in [2.45, 2.75) is 19.1 Å². The molecule has 0 heterocycles. The van der Waals surface area contributed by atoms with Crippen LogP contribution >= 0.6 is 0 Å². The molecule has 3 N–H and O–H groups in total. The molecule has 0 radical (unpaired) electrons. The van der Waals surface area contributed by atoms with Crippen LogP contribution in [0, 0.1) is 0 Å². The van der Waals surface area contributed by atoms with Crippen LogP contribution < -0.4 is 10.0 Å². The Morgan fingerprint density at radius 3 is 2.37 bits per heavy atom. The number of aliphatic carboxylic acids is 1. The highest BCUT2D eigenvalue weighted by atomic mass is 32.2. The summed E-state index contributed by atoms with van der Waals surface area (Å²) in [6.07, 6.45) is 0. The quantitative estimate of drug-likeness (QED) is 0.743. The standard InChI is InChI=1S/C11H14N2O5S/c1-7(11(15)16)19(17,18)13-10-5-3-4-9(6-10)12-8(2)14/h3-7,13H,1-2H3,(H,12,14)(H,15,16). The predicted octanol–water partition coefficient (Wildman–Crippen LogP) is 0.860. The number of carbonyl (C=O) groups is 2. The molecular formula is C11H14N2O5S. The van der Waals surface area contributed by atoms with Crippen molar-refractivity contribution in [1.82, 2.24) is 0 Å². The zero-order valence-electron chi connectivity index (χ0n) is 10.4. The van der Waals surface area contributed by atoms with Gasteiger partial charge in [0.1, 0.15) is 0 Å². The molecule has 104 valence electrons. The van der Waals surface area contributed by atoms with Crippen molar-refractivity contribution in [2.75, 3.05) is 10.0 Å². The molecular weight excluding hydrogens is 272 g/mol. The molecule has 19 heavy (non-hydrogen) atoms. The van der Waals surface area contributed by atoms with Crippen molar-refractivity contribution in [3.8, 4) is 0 Å². The van der Waals surface area contributed by atoms with Crippen molar-refractivity contribution in [3.63, 3.8) is 0 Å². The van der Waals surface area contributed by atoms with Crippen LogP contribution in [0.4, 0.5) is 11.4 Å². The molecule has 0 fully saturated rings. The zero-order chi connectivity index (χ0) is 14.6. The summed E-state index contributed by atoms with van der Waals surface area (Å²) in [6, 6.07) is 5.97. The highest BCUT2D eigenvalue weighted by molar-refractivity contribution is 7.94. The van der Waals surface area contributed by atoms with Crippen LogP contribution in [0.2, 0.25) is 0 Å². The Balaban J connectivity index is 2.94. The fourth-order valence-corrected chi connectivity index (χ4v) is 2.15. The lowest BCUT2D eigenvalue weighted by atomic mass is 10.3. The van der Waals surface area contributed by atoms with Crippen LogP contribution in [-0.4, -0.2) is 30.7 Å². The van der Waals surface area contributed by atoms with E-state index in [2.05, 4.69) is 10.0 Å². The minimum atomic E-state index is -4.02. The number of amides is 1. The monoisotopic (exact) mass is 286 g/mol. The van der Waals surface area contributed by atoms with Gasteiger partial charge in [-0.05, 0) is 25.1 Å². The van der Waals surface area contributed by atoms with Crippen LogP contribution in [-0.2, 0) is 19.6 Å². The number of hydrogen-bond donors (Lipinski definition) is 3. The van der Waals surface area contributed by atoms with Crippen molar-refractivity contribution >= 4 is 33.3 Å². The molecule has 0 aliphatic heterocycles.